The predicted octanol–water partition coefficient (Wildman–Crippen LogP) is 3.16. The van der Waals surface area contributed by atoms with E-state index in [1.165, 1.54) is 18.2 Å². The fourth-order valence-corrected chi connectivity index (χ4v) is 1.53. The molecular weight excluding hydrogens is 278 g/mol. The summed E-state index contributed by atoms with van der Waals surface area (Å²) in [7, 11) is 0. The van der Waals surface area contributed by atoms with Gasteiger partial charge >= 0.3 is 0 Å². The minimum atomic E-state index is -0.381. The number of phenols is 1. The Labute approximate surface area is 115 Å². The first-order chi connectivity index (χ1) is 8.06. The van der Waals surface area contributed by atoms with Crippen molar-refractivity contribution in [2.45, 2.75) is 6.92 Å². The largest absolute Gasteiger partial charge is 0.506 e. The zero-order chi connectivity index (χ0) is 12.4. The zero-order valence-corrected chi connectivity index (χ0v) is 10.7. The van der Waals surface area contributed by atoms with Gasteiger partial charge in [-0.3, -0.25) is 0 Å². The first-order valence-electron chi connectivity index (χ1n) is 5.18. The Morgan fingerprint density at radius 1 is 1.11 bits per heavy atom. The third-order valence-corrected chi connectivity index (χ3v) is 2.44. The maximum Gasteiger partial charge on any atom is 0.139 e. The van der Waals surface area contributed by atoms with E-state index >= 15 is 0 Å². The molecule has 0 spiro atoms. The molecule has 0 aliphatic heterocycles. The summed E-state index contributed by atoms with van der Waals surface area (Å²) in [6.45, 7) is 1.90. The molecule has 0 fully saturated rings. The molecule has 1 radical (unpaired) electrons. The zero-order valence-electron chi connectivity index (χ0n) is 9.70. The summed E-state index contributed by atoms with van der Waals surface area (Å²) in [5, 5.41) is 12.6. The van der Waals surface area contributed by atoms with Crippen LogP contribution in [-0.4, -0.2) is 5.11 Å². The van der Waals surface area contributed by atoms with Crippen LogP contribution in [0.25, 0.3) is 0 Å². The molecule has 2 aromatic carbocycles. The van der Waals surface area contributed by atoms with E-state index in [1.807, 2.05) is 6.92 Å². The van der Waals surface area contributed by atoms with Crippen LogP contribution in [0.4, 0.5) is 21.5 Å². The number of nitrogen functional groups attached to an aromatic ring is 1. The van der Waals surface area contributed by atoms with Crippen LogP contribution < -0.4 is 11.1 Å². The predicted molar refractivity (Wildman–Crippen MR) is 66.9 cm³/mol. The van der Waals surface area contributed by atoms with Crippen LogP contribution in [0.3, 0.4) is 0 Å². The van der Waals surface area contributed by atoms with Crippen LogP contribution in [0.2, 0.25) is 0 Å². The molecule has 2 rings (SSSR count). The molecule has 18 heavy (non-hydrogen) atoms. The average Bonchev–Trinajstić information content (AvgIpc) is 2.28. The van der Waals surface area contributed by atoms with Crippen molar-refractivity contribution >= 4 is 17.1 Å². The van der Waals surface area contributed by atoms with Gasteiger partial charge in [0.1, 0.15) is 11.6 Å². The first kappa shape index (κ1) is 14.3. The number of hydrogen-bond donors (Lipinski definition) is 3. The molecule has 0 heterocycles. The average molecular weight is 291 g/mol. The number of aromatic hydroxyl groups is 1. The smallest absolute Gasteiger partial charge is 0.139 e. The minimum absolute atomic E-state index is 0. The van der Waals surface area contributed by atoms with Gasteiger partial charge < -0.3 is 16.2 Å². The van der Waals surface area contributed by atoms with E-state index in [9.17, 15) is 9.50 Å². The molecule has 0 saturated heterocycles. The van der Waals surface area contributed by atoms with Crippen molar-refractivity contribution in [1.29, 1.82) is 0 Å². The summed E-state index contributed by atoms with van der Waals surface area (Å²) in [5.74, 6) is -0.284. The second-order valence-corrected chi connectivity index (χ2v) is 3.88. The van der Waals surface area contributed by atoms with E-state index in [4.69, 9.17) is 5.73 Å². The normalized spacial score (nSPS) is 9.67. The van der Waals surface area contributed by atoms with E-state index in [2.05, 4.69) is 5.32 Å². The Balaban J connectivity index is 0.00000162. The van der Waals surface area contributed by atoms with Crippen LogP contribution in [-0.2, 0) is 16.8 Å². The van der Waals surface area contributed by atoms with E-state index in [-0.39, 0.29) is 28.3 Å². The second-order valence-electron chi connectivity index (χ2n) is 3.88. The number of halogens is 1. The van der Waals surface area contributed by atoms with E-state index in [0.29, 0.717) is 17.1 Å². The van der Waals surface area contributed by atoms with Gasteiger partial charge in [0, 0.05) is 16.8 Å². The van der Waals surface area contributed by atoms with E-state index < -0.39 is 0 Å². The number of benzene rings is 2. The molecule has 5 heteroatoms. The number of phenolic OH excluding ortho intramolecular Hbond substituents is 1. The van der Waals surface area contributed by atoms with Crippen molar-refractivity contribution in [2.24, 2.45) is 0 Å². The Morgan fingerprint density at radius 2 is 1.83 bits per heavy atom. The number of nitrogens with one attached hydrogen (secondary N) is 1. The van der Waals surface area contributed by atoms with Gasteiger partial charge in [0.15, 0.2) is 0 Å². The summed E-state index contributed by atoms with van der Waals surface area (Å²) in [4.78, 5) is 0. The van der Waals surface area contributed by atoms with Gasteiger partial charge in [0.05, 0.1) is 17.1 Å². The molecule has 0 atom stereocenters. The standard InChI is InChI=1S/C13H13FN2O.Co/c1-8-2-5-13(17)12(6-8)16-11-7-9(14)3-4-10(11)15;/h2-7,16-17H,15H2,1H3;. The summed E-state index contributed by atoms with van der Waals surface area (Å²) in [6.07, 6.45) is 0. The summed E-state index contributed by atoms with van der Waals surface area (Å²) >= 11 is 0. The van der Waals surface area contributed by atoms with Gasteiger partial charge in [0.25, 0.3) is 0 Å². The van der Waals surface area contributed by atoms with Crippen LogP contribution >= 0.6 is 0 Å². The molecule has 0 saturated carbocycles. The molecule has 2 aromatic rings. The molecule has 97 valence electrons. The van der Waals surface area contributed by atoms with Gasteiger partial charge in [0.2, 0.25) is 0 Å². The quantitative estimate of drug-likeness (QED) is 0.588. The van der Waals surface area contributed by atoms with Crippen LogP contribution in [0, 0.1) is 12.7 Å². The third-order valence-electron chi connectivity index (χ3n) is 2.44. The van der Waals surface area contributed by atoms with Crippen molar-refractivity contribution in [1.82, 2.24) is 0 Å². The Morgan fingerprint density at radius 3 is 2.56 bits per heavy atom. The first-order valence-corrected chi connectivity index (χ1v) is 5.18. The number of anilines is 3. The monoisotopic (exact) mass is 291 g/mol. The maximum absolute atomic E-state index is 13.1. The maximum atomic E-state index is 13.1. The summed E-state index contributed by atoms with van der Waals surface area (Å²) in [5.41, 5.74) is 8.06. The Bertz CT molecular complexity index is 511. The van der Waals surface area contributed by atoms with Crippen molar-refractivity contribution in [3.63, 3.8) is 0 Å². The van der Waals surface area contributed by atoms with Crippen molar-refractivity contribution in [3.8, 4) is 5.75 Å². The Hall–Kier alpha value is -1.72. The molecule has 0 aliphatic rings. The number of rotatable bonds is 2. The fraction of sp³-hybridized carbons (Fsp3) is 0.0769. The topological polar surface area (TPSA) is 58.3 Å². The molecular formula is C13H13CoFN2O. The minimum Gasteiger partial charge on any atom is -0.506 e. The Kier molecular flexibility index (Phi) is 4.58. The molecule has 0 amide bonds. The van der Waals surface area contributed by atoms with Gasteiger partial charge in [-0.05, 0) is 42.8 Å². The number of nitrogens with two attached hydrogens (primary N) is 1. The van der Waals surface area contributed by atoms with Gasteiger partial charge in [-0.2, -0.15) is 0 Å². The second kappa shape index (κ2) is 5.75. The van der Waals surface area contributed by atoms with E-state index in [0.717, 1.165) is 5.56 Å². The van der Waals surface area contributed by atoms with Gasteiger partial charge in [-0.25, -0.2) is 4.39 Å². The third kappa shape index (κ3) is 3.15. The number of aryl methyl sites for hydroxylation is 1. The fourth-order valence-electron chi connectivity index (χ4n) is 1.53. The number of hydrogen-bond acceptors (Lipinski definition) is 3. The molecule has 0 unspecified atom stereocenters. The van der Waals surface area contributed by atoms with Crippen molar-refractivity contribution < 1.29 is 26.3 Å². The molecule has 0 aliphatic carbocycles. The summed E-state index contributed by atoms with van der Waals surface area (Å²) in [6, 6.07) is 9.18. The van der Waals surface area contributed by atoms with Crippen molar-refractivity contribution in [2.75, 3.05) is 11.1 Å². The van der Waals surface area contributed by atoms with Crippen LogP contribution in [0.5, 0.6) is 5.75 Å². The van der Waals surface area contributed by atoms with Crippen molar-refractivity contribution in [3.05, 3.63) is 47.8 Å². The van der Waals surface area contributed by atoms with E-state index in [1.54, 1.807) is 18.2 Å². The molecule has 0 bridgehead atoms. The summed E-state index contributed by atoms with van der Waals surface area (Å²) < 4.78 is 13.1. The van der Waals surface area contributed by atoms with Gasteiger partial charge in [-0.1, -0.05) is 6.07 Å². The van der Waals surface area contributed by atoms with Gasteiger partial charge in [-0.15, -0.1) is 0 Å². The molecule has 0 aromatic heterocycles. The molecule has 4 N–H and O–H groups in total. The molecule has 3 nitrogen and oxygen atoms in total. The van der Waals surface area contributed by atoms with Crippen LogP contribution in [0.15, 0.2) is 36.4 Å². The van der Waals surface area contributed by atoms with Crippen LogP contribution in [0.1, 0.15) is 5.56 Å². The SMILES string of the molecule is Cc1ccc(O)c(Nc2cc(F)ccc2N)c1.[Co].